The quantitative estimate of drug-likeness (QED) is 0.347. The fourth-order valence-electron chi connectivity index (χ4n) is 3.65. The van der Waals surface area contributed by atoms with Gasteiger partial charge in [-0.05, 0) is 42.7 Å². The predicted octanol–water partition coefficient (Wildman–Crippen LogP) is 5.62. The van der Waals surface area contributed by atoms with Crippen molar-refractivity contribution in [1.29, 1.82) is 0 Å². The topological polar surface area (TPSA) is 82.5 Å². The van der Waals surface area contributed by atoms with Gasteiger partial charge in [-0.15, -0.1) is 11.6 Å². The molecule has 34 heavy (non-hydrogen) atoms. The molecule has 1 N–H and O–H groups in total. The van der Waals surface area contributed by atoms with Crippen LogP contribution in [0.25, 0.3) is 0 Å². The van der Waals surface area contributed by atoms with E-state index in [9.17, 15) is 9.59 Å². The van der Waals surface area contributed by atoms with Gasteiger partial charge >= 0.3 is 5.69 Å². The number of halogens is 1. The Labute approximate surface area is 211 Å². The van der Waals surface area contributed by atoms with Crippen LogP contribution in [-0.4, -0.2) is 49.9 Å². The maximum Gasteiger partial charge on any atom is 0.330 e. The number of rotatable bonds is 8. The van der Waals surface area contributed by atoms with Crippen LogP contribution < -0.4 is 11.2 Å². The van der Waals surface area contributed by atoms with Gasteiger partial charge in [-0.1, -0.05) is 54.9 Å². The third-order valence-electron chi connectivity index (χ3n) is 7.95. The lowest BCUT2D eigenvalue weighted by Gasteiger charge is -2.45. The Bertz CT molecular complexity index is 964. The molecular formula is C24H45ClN2O5Si2. The lowest BCUT2D eigenvalue weighted by atomic mass is 9.92. The smallest absolute Gasteiger partial charge is 0.330 e. The van der Waals surface area contributed by atoms with E-state index in [1.165, 1.54) is 16.8 Å². The third kappa shape index (κ3) is 5.98. The number of nitrogens with one attached hydrogen (secondary N) is 1. The molecule has 10 heteroatoms. The highest BCUT2D eigenvalue weighted by molar-refractivity contribution is 6.74. The summed E-state index contributed by atoms with van der Waals surface area (Å²) in [5, 5.41) is -0.633. The first-order valence-electron chi connectivity index (χ1n) is 12.2. The molecule has 1 fully saturated rings. The van der Waals surface area contributed by atoms with Crippen LogP contribution in [0.1, 0.15) is 67.5 Å². The maximum absolute atomic E-state index is 12.7. The van der Waals surface area contributed by atoms with Crippen molar-refractivity contribution in [3.05, 3.63) is 33.1 Å². The molecule has 0 bridgehead atoms. The summed E-state index contributed by atoms with van der Waals surface area (Å²) in [4.78, 5) is 26.6. The van der Waals surface area contributed by atoms with E-state index in [-0.39, 0.29) is 10.1 Å². The van der Waals surface area contributed by atoms with E-state index in [4.69, 9.17) is 25.2 Å². The monoisotopic (exact) mass is 532 g/mol. The maximum atomic E-state index is 12.7. The molecule has 1 aromatic heterocycles. The number of aromatic amines is 1. The summed E-state index contributed by atoms with van der Waals surface area (Å²) in [7, 11) is -4.35. The summed E-state index contributed by atoms with van der Waals surface area (Å²) in [5.74, 6) is 0. The molecule has 1 aromatic rings. The second-order valence-corrected chi connectivity index (χ2v) is 22.7. The van der Waals surface area contributed by atoms with Crippen molar-refractivity contribution >= 4 is 28.2 Å². The minimum Gasteiger partial charge on any atom is -0.414 e. The highest BCUT2D eigenvalue weighted by Crippen LogP contribution is 2.49. The second-order valence-electron chi connectivity index (χ2n) is 12.6. The third-order valence-corrected chi connectivity index (χ3v) is 17.3. The zero-order valence-corrected chi connectivity index (χ0v) is 25.6. The van der Waals surface area contributed by atoms with Gasteiger partial charge in [0.25, 0.3) is 5.56 Å². The normalized spacial score (nSPS) is 26.8. The highest BCUT2D eigenvalue weighted by Gasteiger charge is 2.59. The summed E-state index contributed by atoms with van der Waals surface area (Å²) in [5.41, 5.74) is -1.82. The van der Waals surface area contributed by atoms with E-state index in [1.807, 2.05) is 0 Å². The van der Waals surface area contributed by atoms with Gasteiger partial charge in [0.1, 0.15) is 11.0 Å². The van der Waals surface area contributed by atoms with Crippen LogP contribution in [0, 0.1) is 0 Å². The number of alkyl halides is 1. The fourth-order valence-corrected chi connectivity index (χ4v) is 6.58. The van der Waals surface area contributed by atoms with Crippen molar-refractivity contribution in [3.8, 4) is 0 Å². The SMILES string of the molecule is CCC[C@]1(CO[Si](C)(C)C(C)(C)C)O[C@@H](n2ccc(=O)[nH]c2=O)[C@H](Cl)[C@@H]1O[Si](C)(C)C(C)(C)C. The average molecular weight is 533 g/mol. The highest BCUT2D eigenvalue weighted by atomic mass is 35.5. The summed E-state index contributed by atoms with van der Waals surface area (Å²) in [6.07, 6.45) is 1.72. The Morgan fingerprint density at radius 3 is 2.12 bits per heavy atom. The Hall–Kier alpha value is -0.716. The van der Waals surface area contributed by atoms with E-state index in [1.54, 1.807) is 0 Å². The van der Waals surface area contributed by atoms with Crippen molar-refractivity contribution in [2.45, 2.75) is 121 Å². The van der Waals surface area contributed by atoms with Gasteiger partial charge in [-0.3, -0.25) is 14.3 Å². The van der Waals surface area contributed by atoms with Crippen LogP contribution in [0.2, 0.25) is 36.3 Å². The zero-order valence-electron chi connectivity index (χ0n) is 22.9. The molecule has 1 aliphatic rings. The van der Waals surface area contributed by atoms with E-state index >= 15 is 0 Å². The van der Waals surface area contributed by atoms with Crippen molar-refractivity contribution < 1.29 is 13.6 Å². The molecule has 2 heterocycles. The van der Waals surface area contributed by atoms with Gasteiger partial charge in [0.2, 0.25) is 0 Å². The Kier molecular flexibility index (Phi) is 8.66. The Balaban J connectivity index is 2.58. The van der Waals surface area contributed by atoms with Gasteiger partial charge in [0, 0.05) is 12.3 Å². The van der Waals surface area contributed by atoms with Crippen LogP contribution in [0.15, 0.2) is 21.9 Å². The van der Waals surface area contributed by atoms with E-state index in [0.29, 0.717) is 13.0 Å². The molecule has 0 unspecified atom stereocenters. The number of hydrogen-bond donors (Lipinski definition) is 1. The van der Waals surface area contributed by atoms with Crippen LogP contribution in [0.5, 0.6) is 0 Å². The average Bonchev–Trinajstić information content (AvgIpc) is 2.91. The number of H-pyrrole nitrogens is 1. The van der Waals surface area contributed by atoms with Crippen LogP contribution in [0.3, 0.4) is 0 Å². The number of hydrogen-bond acceptors (Lipinski definition) is 5. The van der Waals surface area contributed by atoms with Gasteiger partial charge in [0.05, 0.1) is 12.7 Å². The molecular weight excluding hydrogens is 488 g/mol. The van der Waals surface area contributed by atoms with E-state index in [0.717, 1.165) is 6.42 Å². The molecule has 0 aliphatic carbocycles. The second kappa shape index (κ2) is 9.97. The molecule has 1 aliphatic heterocycles. The fraction of sp³-hybridized carbons (Fsp3) is 0.833. The number of ether oxygens (including phenoxy) is 1. The van der Waals surface area contributed by atoms with Gasteiger partial charge in [-0.2, -0.15) is 0 Å². The van der Waals surface area contributed by atoms with E-state index < -0.39 is 51.2 Å². The lowest BCUT2D eigenvalue weighted by molar-refractivity contribution is -0.127. The largest absolute Gasteiger partial charge is 0.414 e. The summed E-state index contributed by atoms with van der Waals surface area (Å²) in [6.45, 7) is 24.5. The first kappa shape index (κ1) is 29.5. The number of nitrogens with zero attached hydrogens (tertiary/aromatic N) is 1. The summed E-state index contributed by atoms with van der Waals surface area (Å²) >= 11 is 7.08. The molecule has 4 atom stereocenters. The minimum absolute atomic E-state index is 0.0322. The molecule has 7 nitrogen and oxygen atoms in total. The molecule has 1 saturated heterocycles. The summed E-state index contributed by atoms with van der Waals surface area (Å²) < 4.78 is 21.7. The van der Waals surface area contributed by atoms with Gasteiger partial charge < -0.3 is 13.6 Å². The van der Waals surface area contributed by atoms with Crippen LogP contribution in [-0.2, 0) is 13.6 Å². The van der Waals surface area contributed by atoms with Gasteiger partial charge in [-0.25, -0.2) is 4.79 Å². The lowest BCUT2D eigenvalue weighted by Crippen LogP contribution is -2.56. The van der Waals surface area contributed by atoms with Crippen molar-refractivity contribution in [1.82, 2.24) is 9.55 Å². The van der Waals surface area contributed by atoms with Crippen LogP contribution >= 0.6 is 11.6 Å². The van der Waals surface area contributed by atoms with Crippen molar-refractivity contribution in [2.24, 2.45) is 0 Å². The summed E-state index contributed by atoms with van der Waals surface area (Å²) in [6, 6.07) is 1.31. The molecule has 2 rings (SSSR count). The van der Waals surface area contributed by atoms with Crippen molar-refractivity contribution in [2.75, 3.05) is 6.61 Å². The molecule has 196 valence electrons. The molecule has 0 saturated carbocycles. The molecule has 0 spiro atoms. The zero-order chi connectivity index (χ0) is 26.3. The standard InChI is InChI=1S/C24H45ClN2O5Si2/c1-12-14-24(16-30-33(8,9)22(2,3)4)19(32-34(10,11)23(5,6)7)18(25)20(31-24)27-15-13-17(28)26-21(27)29/h13,15,18-20H,12,14,16H2,1-11H3,(H,26,28,29)/t18-,19+,20-,24-/m1/s1. The van der Waals surface area contributed by atoms with E-state index in [2.05, 4.69) is 79.6 Å². The van der Waals surface area contributed by atoms with Crippen LogP contribution in [0.4, 0.5) is 0 Å². The molecule has 0 radical (unpaired) electrons. The predicted molar refractivity (Wildman–Crippen MR) is 144 cm³/mol. The molecule has 0 amide bonds. The first-order chi connectivity index (χ1) is 15.3. The van der Waals surface area contributed by atoms with Gasteiger partial charge in [0.15, 0.2) is 22.9 Å². The minimum atomic E-state index is -2.25. The van der Waals surface area contributed by atoms with Crippen molar-refractivity contribution in [3.63, 3.8) is 0 Å². The first-order valence-corrected chi connectivity index (χ1v) is 18.5. The number of aromatic nitrogens is 2. The Morgan fingerprint density at radius 2 is 1.65 bits per heavy atom. The Morgan fingerprint density at radius 1 is 1.09 bits per heavy atom. The molecule has 0 aromatic carbocycles.